The molecule has 0 spiro atoms. The molecule has 1 aromatic carbocycles. The Morgan fingerprint density at radius 2 is 2.08 bits per heavy atom. The maximum atomic E-state index is 11.2. The normalized spacial score (nSPS) is 40.4. The molecule has 2 saturated carbocycles. The molecule has 3 aliphatic rings. The summed E-state index contributed by atoms with van der Waals surface area (Å²) in [5, 5.41) is 20.7. The summed E-state index contributed by atoms with van der Waals surface area (Å²) < 4.78 is 5.22. The molecule has 24 heavy (non-hydrogen) atoms. The van der Waals surface area contributed by atoms with E-state index in [0.29, 0.717) is 23.5 Å². The summed E-state index contributed by atoms with van der Waals surface area (Å²) in [4.78, 5) is 11.2. The minimum Gasteiger partial charge on any atom is -0.427 e. The molecular formula is C20H26O4. The minimum atomic E-state index is -0.587. The van der Waals surface area contributed by atoms with E-state index in [0.717, 1.165) is 32.1 Å². The van der Waals surface area contributed by atoms with E-state index in [1.165, 1.54) is 18.1 Å². The van der Waals surface area contributed by atoms with Crippen molar-refractivity contribution in [3.8, 4) is 5.75 Å². The highest BCUT2D eigenvalue weighted by Gasteiger charge is 2.57. The highest BCUT2D eigenvalue weighted by atomic mass is 16.5. The van der Waals surface area contributed by atoms with Crippen LogP contribution in [0.2, 0.25) is 0 Å². The van der Waals surface area contributed by atoms with E-state index in [-0.39, 0.29) is 11.4 Å². The van der Waals surface area contributed by atoms with Crippen LogP contribution in [0.1, 0.15) is 56.6 Å². The Hall–Kier alpha value is -1.39. The van der Waals surface area contributed by atoms with Crippen molar-refractivity contribution >= 4 is 5.97 Å². The second-order valence-electron chi connectivity index (χ2n) is 8.16. The van der Waals surface area contributed by atoms with Crippen LogP contribution in [-0.2, 0) is 11.2 Å². The first-order valence-electron chi connectivity index (χ1n) is 9.07. The third-order valence-electron chi connectivity index (χ3n) is 6.93. The Balaban J connectivity index is 1.64. The number of aliphatic hydroxyl groups excluding tert-OH is 2. The van der Waals surface area contributed by atoms with Crippen molar-refractivity contribution in [1.82, 2.24) is 0 Å². The summed E-state index contributed by atoms with van der Waals surface area (Å²) >= 11 is 0. The van der Waals surface area contributed by atoms with Crippen molar-refractivity contribution in [3.05, 3.63) is 29.3 Å². The van der Waals surface area contributed by atoms with E-state index in [9.17, 15) is 15.0 Å². The summed E-state index contributed by atoms with van der Waals surface area (Å²) in [7, 11) is 0. The smallest absolute Gasteiger partial charge is 0.308 e. The maximum Gasteiger partial charge on any atom is 0.308 e. The molecule has 4 rings (SSSR count). The Bertz CT molecular complexity index is 670. The van der Waals surface area contributed by atoms with Gasteiger partial charge in [0.2, 0.25) is 0 Å². The summed E-state index contributed by atoms with van der Waals surface area (Å²) in [6.45, 7) is 3.59. The molecule has 6 atom stereocenters. The van der Waals surface area contributed by atoms with Gasteiger partial charge in [0.05, 0.1) is 12.2 Å². The second kappa shape index (κ2) is 5.57. The number of hydrogen-bond donors (Lipinski definition) is 2. The van der Waals surface area contributed by atoms with Gasteiger partial charge in [-0.2, -0.15) is 0 Å². The first-order chi connectivity index (χ1) is 11.4. The van der Waals surface area contributed by atoms with Gasteiger partial charge in [-0.3, -0.25) is 4.79 Å². The predicted octanol–water partition coefficient (Wildman–Crippen LogP) is 2.80. The Kier molecular flexibility index (Phi) is 3.73. The molecule has 2 N–H and O–H groups in total. The van der Waals surface area contributed by atoms with Crippen molar-refractivity contribution in [2.24, 2.45) is 17.3 Å². The number of carbonyl (C=O) groups is 1. The fourth-order valence-corrected chi connectivity index (χ4v) is 5.78. The van der Waals surface area contributed by atoms with Gasteiger partial charge in [0.15, 0.2) is 0 Å². The van der Waals surface area contributed by atoms with E-state index >= 15 is 0 Å². The van der Waals surface area contributed by atoms with Crippen LogP contribution in [0.3, 0.4) is 0 Å². The van der Waals surface area contributed by atoms with Gasteiger partial charge in [0, 0.05) is 6.92 Å². The van der Waals surface area contributed by atoms with Gasteiger partial charge in [-0.25, -0.2) is 0 Å². The zero-order valence-electron chi connectivity index (χ0n) is 14.4. The first kappa shape index (κ1) is 16.1. The number of ether oxygens (including phenoxy) is 1. The van der Waals surface area contributed by atoms with E-state index in [1.807, 2.05) is 12.1 Å². The Morgan fingerprint density at radius 1 is 1.29 bits per heavy atom. The average molecular weight is 330 g/mol. The molecule has 0 heterocycles. The molecule has 0 radical (unpaired) electrons. The highest BCUT2D eigenvalue weighted by Crippen LogP contribution is 2.60. The fraction of sp³-hybridized carbons (Fsp3) is 0.650. The fourth-order valence-electron chi connectivity index (χ4n) is 5.78. The molecule has 2 fully saturated rings. The molecule has 3 unspecified atom stereocenters. The number of esters is 1. The van der Waals surface area contributed by atoms with Gasteiger partial charge in [-0.05, 0) is 78.5 Å². The van der Waals surface area contributed by atoms with Crippen molar-refractivity contribution in [2.45, 2.75) is 64.1 Å². The molecule has 0 saturated heterocycles. The van der Waals surface area contributed by atoms with Gasteiger partial charge in [0.1, 0.15) is 5.75 Å². The lowest BCUT2D eigenvalue weighted by molar-refractivity contribution is -0.131. The van der Waals surface area contributed by atoms with Crippen LogP contribution in [0.4, 0.5) is 0 Å². The Labute approximate surface area is 142 Å². The molecule has 0 aromatic heterocycles. The number of aryl methyl sites for hydroxylation is 1. The molecule has 0 bridgehead atoms. The summed E-state index contributed by atoms with van der Waals surface area (Å²) in [6.07, 6.45) is 3.64. The van der Waals surface area contributed by atoms with Crippen LogP contribution in [-0.4, -0.2) is 28.4 Å². The summed E-state index contributed by atoms with van der Waals surface area (Å²) in [6, 6.07) is 6.03. The van der Waals surface area contributed by atoms with Crippen LogP contribution in [0.25, 0.3) is 0 Å². The van der Waals surface area contributed by atoms with Gasteiger partial charge in [-0.1, -0.05) is 13.0 Å². The standard InChI is InChI=1S/C20H26O4/c1-11(21)24-13-4-6-14-12(9-13)3-5-16-15(14)7-8-20(2)17(16)10-18(22)19(20)23/h4,6,9,15-19,22-23H,3,5,7-8,10H2,1-2H3/t15?,16?,17?,18-,19+,20+/m1/s1. The van der Waals surface area contributed by atoms with Gasteiger partial charge in [0.25, 0.3) is 0 Å². The molecule has 3 aliphatic carbocycles. The van der Waals surface area contributed by atoms with Gasteiger partial charge >= 0.3 is 5.97 Å². The van der Waals surface area contributed by atoms with Gasteiger partial charge < -0.3 is 14.9 Å². The molecule has 0 amide bonds. The van der Waals surface area contributed by atoms with Crippen LogP contribution >= 0.6 is 0 Å². The first-order valence-corrected chi connectivity index (χ1v) is 9.07. The van der Waals surface area contributed by atoms with Crippen molar-refractivity contribution < 1.29 is 19.7 Å². The van der Waals surface area contributed by atoms with Gasteiger partial charge in [-0.15, -0.1) is 0 Å². The van der Waals surface area contributed by atoms with Crippen LogP contribution in [0, 0.1) is 17.3 Å². The maximum absolute atomic E-state index is 11.2. The van der Waals surface area contributed by atoms with E-state index in [2.05, 4.69) is 13.0 Å². The SMILES string of the molecule is CC(=O)Oc1ccc2c(c1)CCC1C2CC[C@@]2(C)C1C[C@@H](O)[C@@H]2O. The third-order valence-corrected chi connectivity index (χ3v) is 6.93. The van der Waals surface area contributed by atoms with Crippen LogP contribution in [0.5, 0.6) is 5.75 Å². The number of carbonyl (C=O) groups excluding carboxylic acids is 1. The largest absolute Gasteiger partial charge is 0.427 e. The molecule has 4 heteroatoms. The number of aliphatic hydroxyl groups is 2. The van der Waals surface area contributed by atoms with Crippen molar-refractivity contribution in [2.75, 3.05) is 0 Å². The van der Waals surface area contributed by atoms with Crippen molar-refractivity contribution in [3.63, 3.8) is 0 Å². The number of rotatable bonds is 1. The Morgan fingerprint density at radius 3 is 2.83 bits per heavy atom. The molecule has 0 aliphatic heterocycles. The van der Waals surface area contributed by atoms with E-state index in [1.54, 1.807) is 0 Å². The van der Waals surface area contributed by atoms with Crippen LogP contribution < -0.4 is 4.74 Å². The lowest BCUT2D eigenvalue weighted by Crippen LogP contribution is -2.44. The zero-order chi connectivity index (χ0) is 17.1. The summed E-state index contributed by atoms with van der Waals surface area (Å²) in [5.74, 6) is 1.76. The zero-order valence-corrected chi connectivity index (χ0v) is 14.4. The third kappa shape index (κ3) is 2.31. The topological polar surface area (TPSA) is 66.8 Å². The molecule has 4 nitrogen and oxygen atoms in total. The minimum absolute atomic E-state index is 0.143. The number of benzene rings is 1. The molecular weight excluding hydrogens is 304 g/mol. The number of hydrogen-bond acceptors (Lipinski definition) is 4. The van der Waals surface area contributed by atoms with Crippen molar-refractivity contribution in [1.29, 1.82) is 0 Å². The highest BCUT2D eigenvalue weighted by molar-refractivity contribution is 5.69. The van der Waals surface area contributed by atoms with E-state index in [4.69, 9.17) is 4.74 Å². The van der Waals surface area contributed by atoms with E-state index < -0.39 is 12.2 Å². The predicted molar refractivity (Wildman–Crippen MR) is 89.8 cm³/mol. The monoisotopic (exact) mass is 330 g/mol. The molecule has 130 valence electrons. The van der Waals surface area contributed by atoms with Crippen LogP contribution in [0.15, 0.2) is 18.2 Å². The summed E-state index contributed by atoms with van der Waals surface area (Å²) in [5.41, 5.74) is 2.52. The lowest BCUT2D eigenvalue weighted by atomic mass is 9.55. The molecule has 1 aromatic rings. The lowest BCUT2D eigenvalue weighted by Gasteiger charge is -2.49. The second-order valence-corrected chi connectivity index (χ2v) is 8.16. The number of fused-ring (bicyclic) bond motifs is 5. The quantitative estimate of drug-likeness (QED) is 0.614. The average Bonchev–Trinajstić information content (AvgIpc) is 2.77.